The Kier molecular flexibility index (Phi) is 6.39. The van der Waals surface area contributed by atoms with Gasteiger partial charge in [0.1, 0.15) is 11.6 Å². The predicted octanol–water partition coefficient (Wildman–Crippen LogP) is 3.68. The molecule has 1 aliphatic rings. The molecule has 1 saturated carbocycles. The molecule has 1 N–H and O–H groups in total. The number of hydrogen-bond donors (Lipinski definition) is 1. The van der Waals surface area contributed by atoms with E-state index in [2.05, 4.69) is 5.32 Å². The summed E-state index contributed by atoms with van der Waals surface area (Å²) in [6.07, 6.45) is 3.19. The lowest BCUT2D eigenvalue weighted by atomic mass is 9.78. The van der Waals surface area contributed by atoms with Gasteiger partial charge in [0, 0.05) is 12.1 Å². The van der Waals surface area contributed by atoms with E-state index in [1.165, 1.54) is 18.2 Å². The fourth-order valence-electron chi connectivity index (χ4n) is 3.73. The molecule has 6 heteroatoms. The standard InChI is InChI=1S/C22H23F2NO3/c23-17-9-7-16(8-10-17)11-14-25-20(26)15-28-21(27)22(12-3-4-13-22)18-5-1-2-6-19(18)24/h1-2,5-10H,3-4,11-15H2,(H,25,26). The lowest BCUT2D eigenvalue weighted by Gasteiger charge is -2.27. The SMILES string of the molecule is O=C(COC(=O)C1(c2ccccc2F)CCCC1)NCCc1ccc(F)cc1. The van der Waals surface area contributed by atoms with Crippen LogP contribution in [0.3, 0.4) is 0 Å². The molecule has 0 atom stereocenters. The van der Waals surface area contributed by atoms with E-state index < -0.39 is 29.7 Å². The number of rotatable bonds is 7. The molecule has 148 valence electrons. The summed E-state index contributed by atoms with van der Waals surface area (Å²) < 4.78 is 32.4. The Hall–Kier alpha value is -2.76. The highest BCUT2D eigenvalue weighted by molar-refractivity contribution is 5.86. The number of hydrogen-bond acceptors (Lipinski definition) is 3. The van der Waals surface area contributed by atoms with Crippen molar-refractivity contribution in [3.63, 3.8) is 0 Å². The van der Waals surface area contributed by atoms with Crippen molar-refractivity contribution in [2.45, 2.75) is 37.5 Å². The second-order valence-electron chi connectivity index (χ2n) is 7.07. The van der Waals surface area contributed by atoms with Crippen LogP contribution in [0.1, 0.15) is 36.8 Å². The molecule has 0 unspecified atom stereocenters. The fourth-order valence-corrected chi connectivity index (χ4v) is 3.73. The Morgan fingerprint density at radius 1 is 1.00 bits per heavy atom. The number of ether oxygens (including phenoxy) is 1. The molecule has 4 nitrogen and oxygen atoms in total. The molecule has 2 aromatic carbocycles. The third-order valence-electron chi connectivity index (χ3n) is 5.22. The van der Waals surface area contributed by atoms with Gasteiger partial charge in [-0.15, -0.1) is 0 Å². The summed E-state index contributed by atoms with van der Waals surface area (Å²) in [6.45, 7) is -0.0566. The molecule has 28 heavy (non-hydrogen) atoms. The number of esters is 1. The number of benzene rings is 2. The summed E-state index contributed by atoms with van der Waals surface area (Å²) >= 11 is 0. The summed E-state index contributed by atoms with van der Waals surface area (Å²) in [5, 5.41) is 2.67. The van der Waals surface area contributed by atoms with Crippen molar-refractivity contribution in [1.29, 1.82) is 0 Å². The van der Waals surface area contributed by atoms with Crippen molar-refractivity contribution >= 4 is 11.9 Å². The quantitative estimate of drug-likeness (QED) is 0.738. The van der Waals surface area contributed by atoms with Crippen LogP contribution in [0, 0.1) is 11.6 Å². The Morgan fingerprint density at radius 2 is 1.68 bits per heavy atom. The molecule has 1 amide bonds. The van der Waals surface area contributed by atoms with E-state index >= 15 is 0 Å². The molecular weight excluding hydrogens is 364 g/mol. The second-order valence-corrected chi connectivity index (χ2v) is 7.07. The first-order chi connectivity index (χ1) is 13.5. The summed E-state index contributed by atoms with van der Waals surface area (Å²) in [4.78, 5) is 24.7. The van der Waals surface area contributed by atoms with Gasteiger partial charge in [-0.05, 0) is 43.0 Å². The van der Waals surface area contributed by atoms with Crippen LogP contribution in [0.5, 0.6) is 0 Å². The molecule has 0 spiro atoms. The first-order valence-corrected chi connectivity index (χ1v) is 9.45. The van der Waals surface area contributed by atoms with E-state index in [1.807, 2.05) is 0 Å². The van der Waals surface area contributed by atoms with Gasteiger partial charge in [0.05, 0.1) is 5.41 Å². The van der Waals surface area contributed by atoms with Crippen molar-refractivity contribution in [3.8, 4) is 0 Å². The summed E-state index contributed by atoms with van der Waals surface area (Å²) in [5.41, 5.74) is 0.220. The zero-order valence-corrected chi connectivity index (χ0v) is 15.5. The van der Waals surface area contributed by atoms with E-state index in [0.29, 0.717) is 31.4 Å². The molecule has 0 bridgehead atoms. The maximum absolute atomic E-state index is 14.3. The Labute approximate surface area is 162 Å². The van der Waals surface area contributed by atoms with Gasteiger partial charge in [-0.3, -0.25) is 9.59 Å². The third kappa shape index (κ3) is 4.55. The molecule has 1 fully saturated rings. The average molecular weight is 387 g/mol. The van der Waals surface area contributed by atoms with Gasteiger partial charge in [0.15, 0.2) is 6.61 Å². The Balaban J connectivity index is 1.52. The first-order valence-electron chi connectivity index (χ1n) is 9.45. The first kappa shape index (κ1) is 20.0. The number of halogens is 2. The topological polar surface area (TPSA) is 55.4 Å². The van der Waals surface area contributed by atoms with Crippen LogP contribution in [-0.4, -0.2) is 25.0 Å². The predicted molar refractivity (Wildman–Crippen MR) is 101 cm³/mol. The maximum Gasteiger partial charge on any atom is 0.317 e. The van der Waals surface area contributed by atoms with E-state index in [-0.39, 0.29) is 5.82 Å². The highest BCUT2D eigenvalue weighted by Crippen LogP contribution is 2.43. The molecule has 3 rings (SSSR count). The number of amides is 1. The van der Waals surface area contributed by atoms with E-state index in [1.54, 1.807) is 30.3 Å². The van der Waals surface area contributed by atoms with Crippen LogP contribution < -0.4 is 5.32 Å². The van der Waals surface area contributed by atoms with Gasteiger partial charge in [-0.1, -0.05) is 43.2 Å². The number of carbonyl (C=O) groups is 2. The smallest absolute Gasteiger partial charge is 0.317 e. The molecule has 0 aliphatic heterocycles. The number of carbonyl (C=O) groups excluding carboxylic acids is 2. The zero-order chi connectivity index (χ0) is 20.0. The van der Waals surface area contributed by atoms with Crippen LogP contribution >= 0.6 is 0 Å². The van der Waals surface area contributed by atoms with Gasteiger partial charge in [-0.2, -0.15) is 0 Å². The van der Waals surface area contributed by atoms with Gasteiger partial charge in [0.25, 0.3) is 5.91 Å². The average Bonchev–Trinajstić information content (AvgIpc) is 3.19. The van der Waals surface area contributed by atoms with Gasteiger partial charge < -0.3 is 10.1 Å². The fraction of sp³-hybridized carbons (Fsp3) is 0.364. The van der Waals surface area contributed by atoms with Gasteiger partial charge in [0.2, 0.25) is 0 Å². The highest BCUT2D eigenvalue weighted by Gasteiger charge is 2.45. The lowest BCUT2D eigenvalue weighted by molar-refractivity contribution is -0.154. The molecule has 2 aromatic rings. The summed E-state index contributed by atoms with van der Waals surface area (Å²) in [7, 11) is 0. The third-order valence-corrected chi connectivity index (χ3v) is 5.22. The Morgan fingerprint density at radius 3 is 2.36 bits per heavy atom. The maximum atomic E-state index is 14.3. The van der Waals surface area contributed by atoms with Crippen LogP contribution in [0.2, 0.25) is 0 Å². The monoisotopic (exact) mass is 387 g/mol. The highest BCUT2D eigenvalue weighted by atomic mass is 19.1. The molecule has 0 saturated heterocycles. The van der Waals surface area contributed by atoms with Crippen LogP contribution in [0.4, 0.5) is 8.78 Å². The van der Waals surface area contributed by atoms with Gasteiger partial charge >= 0.3 is 5.97 Å². The van der Waals surface area contributed by atoms with E-state index in [0.717, 1.165) is 18.4 Å². The van der Waals surface area contributed by atoms with Crippen molar-refractivity contribution in [2.75, 3.05) is 13.2 Å². The van der Waals surface area contributed by atoms with Crippen molar-refractivity contribution in [3.05, 3.63) is 71.3 Å². The van der Waals surface area contributed by atoms with Crippen molar-refractivity contribution in [1.82, 2.24) is 5.32 Å². The van der Waals surface area contributed by atoms with Crippen LogP contribution in [-0.2, 0) is 26.2 Å². The Bertz CT molecular complexity index is 830. The zero-order valence-electron chi connectivity index (χ0n) is 15.5. The largest absolute Gasteiger partial charge is 0.455 e. The minimum Gasteiger partial charge on any atom is -0.455 e. The van der Waals surface area contributed by atoms with E-state index in [4.69, 9.17) is 4.74 Å². The van der Waals surface area contributed by atoms with Crippen molar-refractivity contribution in [2.24, 2.45) is 0 Å². The van der Waals surface area contributed by atoms with Crippen molar-refractivity contribution < 1.29 is 23.1 Å². The second kappa shape index (κ2) is 8.95. The molecule has 0 radical (unpaired) electrons. The summed E-state index contributed by atoms with van der Waals surface area (Å²) in [5.74, 6) is -1.71. The molecule has 0 heterocycles. The van der Waals surface area contributed by atoms with Crippen LogP contribution in [0.25, 0.3) is 0 Å². The lowest BCUT2D eigenvalue weighted by Crippen LogP contribution is -2.38. The summed E-state index contributed by atoms with van der Waals surface area (Å²) in [6, 6.07) is 12.3. The molecular formula is C22H23F2NO3. The van der Waals surface area contributed by atoms with Gasteiger partial charge in [-0.25, -0.2) is 8.78 Å². The molecule has 1 aliphatic carbocycles. The minimum atomic E-state index is -1.01. The number of nitrogens with one attached hydrogen (secondary N) is 1. The molecule has 0 aromatic heterocycles. The normalized spacial score (nSPS) is 15.2. The van der Waals surface area contributed by atoms with E-state index in [9.17, 15) is 18.4 Å². The van der Waals surface area contributed by atoms with Crippen LogP contribution in [0.15, 0.2) is 48.5 Å². The minimum absolute atomic E-state index is 0.310.